The summed E-state index contributed by atoms with van der Waals surface area (Å²) < 4.78 is 0. The van der Waals surface area contributed by atoms with E-state index in [0.29, 0.717) is 44.2 Å². The number of amides is 2. The van der Waals surface area contributed by atoms with E-state index in [4.69, 9.17) is 0 Å². The standard InChI is InChI=1S/C17H20N6O2/c1-13(24)22-6-8-23(9-7-22)16-10-15(20-12-21-16)17(25)19-11-14-4-2-3-5-18-14/h2-5,10,12H,6-9,11H2,1H3,(H,19,25). The fourth-order valence-corrected chi connectivity index (χ4v) is 2.66. The second kappa shape index (κ2) is 7.69. The zero-order chi connectivity index (χ0) is 17.6. The van der Waals surface area contributed by atoms with Crippen LogP contribution in [0.2, 0.25) is 0 Å². The lowest BCUT2D eigenvalue weighted by atomic mass is 10.3. The molecule has 0 bridgehead atoms. The molecule has 0 aliphatic carbocycles. The molecule has 1 aliphatic rings. The van der Waals surface area contributed by atoms with Crippen LogP contribution in [-0.2, 0) is 11.3 Å². The highest BCUT2D eigenvalue weighted by atomic mass is 16.2. The second-order valence-corrected chi connectivity index (χ2v) is 5.76. The highest BCUT2D eigenvalue weighted by molar-refractivity contribution is 5.92. The minimum atomic E-state index is -0.267. The van der Waals surface area contributed by atoms with Gasteiger partial charge in [-0.3, -0.25) is 14.6 Å². The predicted octanol–water partition coefficient (Wildman–Crippen LogP) is 0.470. The Morgan fingerprint density at radius 1 is 1.12 bits per heavy atom. The minimum Gasteiger partial charge on any atom is -0.353 e. The number of piperazine rings is 1. The van der Waals surface area contributed by atoms with E-state index in [-0.39, 0.29) is 11.8 Å². The molecule has 0 radical (unpaired) electrons. The Labute approximate surface area is 145 Å². The zero-order valence-electron chi connectivity index (χ0n) is 14.1. The van der Waals surface area contributed by atoms with Crippen molar-refractivity contribution in [3.05, 3.63) is 48.2 Å². The van der Waals surface area contributed by atoms with Crippen LogP contribution in [-0.4, -0.2) is 57.8 Å². The number of carbonyl (C=O) groups is 2. The predicted molar refractivity (Wildman–Crippen MR) is 91.9 cm³/mol. The first kappa shape index (κ1) is 16.8. The van der Waals surface area contributed by atoms with Crippen molar-refractivity contribution in [2.75, 3.05) is 31.1 Å². The summed E-state index contributed by atoms with van der Waals surface area (Å²) in [5, 5.41) is 2.80. The van der Waals surface area contributed by atoms with E-state index in [0.717, 1.165) is 5.69 Å². The number of hydrogen-bond donors (Lipinski definition) is 1. The van der Waals surface area contributed by atoms with Crippen molar-refractivity contribution >= 4 is 17.6 Å². The molecule has 8 heteroatoms. The molecular formula is C17H20N6O2. The summed E-state index contributed by atoms with van der Waals surface area (Å²) in [6.07, 6.45) is 3.08. The molecule has 2 aromatic rings. The van der Waals surface area contributed by atoms with Gasteiger partial charge in [-0.15, -0.1) is 0 Å². The fraction of sp³-hybridized carbons (Fsp3) is 0.353. The van der Waals surface area contributed by atoms with Crippen molar-refractivity contribution in [3.8, 4) is 0 Å². The third kappa shape index (κ3) is 4.28. The molecule has 0 saturated carbocycles. The van der Waals surface area contributed by atoms with Gasteiger partial charge in [0, 0.05) is 45.4 Å². The SMILES string of the molecule is CC(=O)N1CCN(c2cc(C(=O)NCc3ccccn3)ncn2)CC1. The fourth-order valence-electron chi connectivity index (χ4n) is 2.66. The van der Waals surface area contributed by atoms with Gasteiger partial charge in [0.05, 0.1) is 12.2 Å². The molecule has 1 saturated heterocycles. The zero-order valence-corrected chi connectivity index (χ0v) is 14.1. The summed E-state index contributed by atoms with van der Waals surface area (Å²) in [4.78, 5) is 40.0. The lowest BCUT2D eigenvalue weighted by molar-refractivity contribution is -0.129. The maximum Gasteiger partial charge on any atom is 0.270 e. The van der Waals surface area contributed by atoms with E-state index >= 15 is 0 Å². The number of carbonyl (C=O) groups excluding carboxylic acids is 2. The van der Waals surface area contributed by atoms with E-state index in [9.17, 15) is 9.59 Å². The van der Waals surface area contributed by atoms with Crippen LogP contribution in [0.3, 0.4) is 0 Å². The average molecular weight is 340 g/mol. The van der Waals surface area contributed by atoms with Crippen LogP contribution in [0, 0.1) is 0 Å². The maximum absolute atomic E-state index is 12.3. The van der Waals surface area contributed by atoms with Crippen LogP contribution in [0.5, 0.6) is 0 Å². The summed E-state index contributed by atoms with van der Waals surface area (Å²) >= 11 is 0. The third-order valence-corrected chi connectivity index (χ3v) is 4.09. The third-order valence-electron chi connectivity index (χ3n) is 4.09. The lowest BCUT2D eigenvalue weighted by Gasteiger charge is -2.34. The molecule has 0 spiro atoms. The lowest BCUT2D eigenvalue weighted by Crippen LogP contribution is -2.48. The average Bonchev–Trinajstić information content (AvgIpc) is 2.67. The Kier molecular flexibility index (Phi) is 5.17. The Balaban J connectivity index is 1.61. The number of anilines is 1. The van der Waals surface area contributed by atoms with Gasteiger partial charge in [0.25, 0.3) is 5.91 Å². The van der Waals surface area contributed by atoms with E-state index in [2.05, 4.69) is 25.2 Å². The molecule has 0 unspecified atom stereocenters. The van der Waals surface area contributed by atoms with Gasteiger partial charge in [-0.25, -0.2) is 9.97 Å². The Hall–Kier alpha value is -3.03. The number of hydrogen-bond acceptors (Lipinski definition) is 6. The molecule has 25 heavy (non-hydrogen) atoms. The van der Waals surface area contributed by atoms with E-state index in [1.54, 1.807) is 24.1 Å². The molecule has 0 aromatic carbocycles. The highest BCUT2D eigenvalue weighted by Crippen LogP contribution is 2.14. The van der Waals surface area contributed by atoms with Gasteiger partial charge in [0.2, 0.25) is 5.91 Å². The van der Waals surface area contributed by atoms with E-state index in [1.807, 2.05) is 18.2 Å². The number of pyridine rings is 1. The molecular weight excluding hydrogens is 320 g/mol. The molecule has 2 aromatic heterocycles. The summed E-state index contributed by atoms with van der Waals surface area (Å²) in [5.74, 6) is 0.509. The largest absolute Gasteiger partial charge is 0.353 e. The van der Waals surface area contributed by atoms with Crippen molar-refractivity contribution in [1.82, 2.24) is 25.2 Å². The van der Waals surface area contributed by atoms with Crippen LogP contribution >= 0.6 is 0 Å². The van der Waals surface area contributed by atoms with Crippen LogP contribution in [0.15, 0.2) is 36.8 Å². The molecule has 130 valence electrons. The first-order valence-electron chi connectivity index (χ1n) is 8.14. The summed E-state index contributed by atoms with van der Waals surface area (Å²) in [6.45, 7) is 4.60. The van der Waals surface area contributed by atoms with Crippen molar-refractivity contribution in [3.63, 3.8) is 0 Å². The molecule has 1 aliphatic heterocycles. The van der Waals surface area contributed by atoms with Crippen molar-refractivity contribution in [2.24, 2.45) is 0 Å². The number of rotatable bonds is 4. The number of nitrogens with one attached hydrogen (secondary N) is 1. The monoisotopic (exact) mass is 340 g/mol. The van der Waals surface area contributed by atoms with Gasteiger partial charge >= 0.3 is 0 Å². The molecule has 3 rings (SSSR count). The van der Waals surface area contributed by atoms with Crippen molar-refractivity contribution in [2.45, 2.75) is 13.5 Å². The summed E-state index contributed by atoms with van der Waals surface area (Å²) in [5.41, 5.74) is 1.10. The molecule has 0 atom stereocenters. The Morgan fingerprint density at radius 2 is 1.92 bits per heavy atom. The van der Waals surface area contributed by atoms with E-state index < -0.39 is 0 Å². The van der Waals surface area contributed by atoms with Gasteiger partial charge in [-0.05, 0) is 12.1 Å². The van der Waals surface area contributed by atoms with E-state index in [1.165, 1.54) is 6.33 Å². The van der Waals surface area contributed by atoms with Crippen LogP contribution < -0.4 is 10.2 Å². The molecule has 1 N–H and O–H groups in total. The van der Waals surface area contributed by atoms with Gasteiger partial charge < -0.3 is 15.1 Å². The van der Waals surface area contributed by atoms with Gasteiger partial charge in [-0.2, -0.15) is 0 Å². The molecule has 2 amide bonds. The Morgan fingerprint density at radius 3 is 2.60 bits per heavy atom. The van der Waals surface area contributed by atoms with Crippen LogP contribution in [0.1, 0.15) is 23.1 Å². The Bertz CT molecular complexity index is 744. The van der Waals surface area contributed by atoms with Crippen LogP contribution in [0.25, 0.3) is 0 Å². The van der Waals surface area contributed by atoms with Crippen molar-refractivity contribution in [1.29, 1.82) is 0 Å². The molecule has 8 nitrogen and oxygen atoms in total. The molecule has 3 heterocycles. The van der Waals surface area contributed by atoms with Gasteiger partial charge in [-0.1, -0.05) is 6.07 Å². The van der Waals surface area contributed by atoms with Gasteiger partial charge in [0.15, 0.2) is 0 Å². The first-order chi connectivity index (χ1) is 12.1. The first-order valence-corrected chi connectivity index (χ1v) is 8.14. The molecule has 1 fully saturated rings. The number of aromatic nitrogens is 3. The smallest absolute Gasteiger partial charge is 0.270 e. The normalized spacial score (nSPS) is 14.3. The van der Waals surface area contributed by atoms with Crippen molar-refractivity contribution < 1.29 is 9.59 Å². The summed E-state index contributed by atoms with van der Waals surface area (Å²) in [7, 11) is 0. The topological polar surface area (TPSA) is 91.3 Å². The van der Waals surface area contributed by atoms with Crippen LogP contribution in [0.4, 0.5) is 5.82 Å². The quantitative estimate of drug-likeness (QED) is 0.870. The van der Waals surface area contributed by atoms with Gasteiger partial charge in [0.1, 0.15) is 17.8 Å². The second-order valence-electron chi connectivity index (χ2n) is 5.76. The number of nitrogens with zero attached hydrogens (tertiary/aromatic N) is 5. The highest BCUT2D eigenvalue weighted by Gasteiger charge is 2.20. The minimum absolute atomic E-state index is 0.0805. The summed E-state index contributed by atoms with van der Waals surface area (Å²) in [6, 6.07) is 7.23. The maximum atomic E-state index is 12.3.